The molecule has 0 bridgehead atoms. The van der Waals surface area contributed by atoms with Crippen LogP contribution in [-0.2, 0) is 11.2 Å². The number of aliphatic hydroxyl groups excluding tert-OH is 1. The van der Waals surface area contributed by atoms with Gasteiger partial charge in [0.25, 0.3) is 0 Å². The van der Waals surface area contributed by atoms with Crippen LogP contribution in [-0.4, -0.2) is 33.2 Å². The van der Waals surface area contributed by atoms with Crippen molar-refractivity contribution >= 4 is 22.5 Å². The predicted octanol–water partition coefficient (Wildman–Crippen LogP) is 5.30. The number of carbonyl (C=O) groups excluding carboxylic acids is 2. The Balaban J connectivity index is 1.24. The van der Waals surface area contributed by atoms with Crippen molar-refractivity contribution in [2.75, 3.05) is 6.61 Å². The van der Waals surface area contributed by atoms with E-state index in [0.29, 0.717) is 23.7 Å². The number of hydrogen-bond donors (Lipinski definition) is 1. The molecule has 1 N–H and O–H groups in total. The van der Waals surface area contributed by atoms with E-state index in [9.17, 15) is 14.0 Å². The largest absolute Gasteiger partial charge is 0.388 e. The molecule has 5 nitrogen and oxygen atoms in total. The lowest BCUT2D eigenvalue weighted by atomic mass is 9.71. The topological polar surface area (TPSA) is 80.2 Å². The highest BCUT2D eigenvalue weighted by Crippen LogP contribution is 2.56. The second kappa shape index (κ2) is 9.23. The number of nitrogens with zero attached hydrogens (tertiary/aromatic N) is 2. The monoisotopic (exact) mass is 474 g/mol. The molecule has 0 saturated heterocycles. The van der Waals surface area contributed by atoms with Crippen LogP contribution in [0.3, 0.4) is 0 Å². The minimum atomic E-state index is -0.572. The number of carbonyl (C=O) groups is 2. The molecular formula is C29H31FN2O3. The van der Waals surface area contributed by atoms with E-state index >= 15 is 0 Å². The lowest BCUT2D eigenvalue weighted by Gasteiger charge is -2.31. The third-order valence-electron chi connectivity index (χ3n) is 8.55. The van der Waals surface area contributed by atoms with Gasteiger partial charge in [0.05, 0.1) is 5.52 Å². The molecule has 5 rings (SSSR count). The molecule has 2 aromatic heterocycles. The second-order valence-electron chi connectivity index (χ2n) is 10.9. The number of ketones is 2. The summed E-state index contributed by atoms with van der Waals surface area (Å²) in [5.41, 5.74) is 2.60. The standard InChI is InChI=1S/C29H31FN2O3/c1-29(2,28(35)9-17-3-5-26(32-15-17)27(34)16-33)21-12-18-10-20(11-19(18)13-21)23-7-8-31-25-6-4-22(30)14-24(23)25/h3-8,14-15,18-21,33H,9-13,16H2,1-2H3/t18-,19+,20?,21?. The Kier molecular flexibility index (Phi) is 6.26. The molecule has 2 unspecified atom stereocenters. The van der Waals surface area contributed by atoms with E-state index < -0.39 is 17.8 Å². The maximum Gasteiger partial charge on any atom is 0.206 e. The number of hydrogen-bond acceptors (Lipinski definition) is 5. The highest BCUT2D eigenvalue weighted by molar-refractivity contribution is 5.95. The molecular weight excluding hydrogens is 443 g/mol. The van der Waals surface area contributed by atoms with E-state index in [-0.39, 0.29) is 23.7 Å². The third kappa shape index (κ3) is 4.52. The third-order valence-corrected chi connectivity index (χ3v) is 8.55. The number of aromatic nitrogens is 2. The fourth-order valence-corrected chi connectivity index (χ4v) is 6.37. The van der Waals surface area contributed by atoms with Crippen molar-refractivity contribution in [3.05, 3.63) is 71.4 Å². The van der Waals surface area contributed by atoms with Gasteiger partial charge in [0.2, 0.25) is 5.78 Å². The van der Waals surface area contributed by atoms with Crippen molar-refractivity contribution in [3.8, 4) is 0 Å². The van der Waals surface area contributed by atoms with E-state index in [1.807, 2.05) is 12.3 Å². The summed E-state index contributed by atoms with van der Waals surface area (Å²) < 4.78 is 13.9. The Labute approximate surface area is 204 Å². The average Bonchev–Trinajstić information content (AvgIpc) is 3.43. The van der Waals surface area contributed by atoms with E-state index in [1.54, 1.807) is 30.5 Å². The molecule has 2 heterocycles. The van der Waals surface area contributed by atoms with Crippen LogP contribution in [0.4, 0.5) is 4.39 Å². The summed E-state index contributed by atoms with van der Waals surface area (Å²) >= 11 is 0. The lowest BCUT2D eigenvalue weighted by Crippen LogP contribution is -2.33. The van der Waals surface area contributed by atoms with Crippen molar-refractivity contribution in [1.82, 2.24) is 9.97 Å². The van der Waals surface area contributed by atoms with Gasteiger partial charge in [-0.15, -0.1) is 0 Å². The molecule has 0 amide bonds. The van der Waals surface area contributed by atoms with E-state index in [2.05, 4.69) is 23.8 Å². The molecule has 2 fully saturated rings. The Bertz CT molecular complexity index is 1260. The van der Waals surface area contributed by atoms with Gasteiger partial charge in [0.1, 0.15) is 23.9 Å². The first-order valence-corrected chi connectivity index (χ1v) is 12.4. The van der Waals surface area contributed by atoms with Crippen LogP contribution < -0.4 is 0 Å². The molecule has 4 atom stereocenters. The van der Waals surface area contributed by atoms with E-state index in [4.69, 9.17) is 5.11 Å². The zero-order valence-electron chi connectivity index (χ0n) is 20.2. The molecule has 2 aliphatic carbocycles. The van der Waals surface area contributed by atoms with Crippen LogP contribution in [0, 0.1) is 29.0 Å². The van der Waals surface area contributed by atoms with Gasteiger partial charge in [-0.3, -0.25) is 19.6 Å². The Hall–Kier alpha value is -2.99. The highest BCUT2D eigenvalue weighted by atomic mass is 19.1. The second-order valence-corrected chi connectivity index (χ2v) is 10.9. The Morgan fingerprint density at radius 1 is 1.03 bits per heavy atom. The van der Waals surface area contributed by atoms with Crippen LogP contribution in [0.25, 0.3) is 10.9 Å². The molecule has 0 radical (unpaired) electrons. The van der Waals surface area contributed by atoms with Crippen LogP contribution >= 0.6 is 0 Å². The van der Waals surface area contributed by atoms with Crippen LogP contribution in [0.5, 0.6) is 0 Å². The van der Waals surface area contributed by atoms with Crippen LogP contribution in [0.15, 0.2) is 48.8 Å². The van der Waals surface area contributed by atoms with Gasteiger partial charge >= 0.3 is 0 Å². The summed E-state index contributed by atoms with van der Waals surface area (Å²) in [6.07, 6.45) is 7.91. The molecule has 0 aliphatic heterocycles. The van der Waals surface area contributed by atoms with Crippen molar-refractivity contribution in [1.29, 1.82) is 0 Å². The summed E-state index contributed by atoms with van der Waals surface area (Å²) in [6.45, 7) is 3.56. The smallest absolute Gasteiger partial charge is 0.206 e. The number of rotatable bonds is 7. The molecule has 35 heavy (non-hydrogen) atoms. The molecule has 1 aromatic carbocycles. The molecule has 182 valence electrons. The maximum atomic E-state index is 13.9. The van der Waals surface area contributed by atoms with Crippen molar-refractivity contribution in [2.45, 2.75) is 51.9 Å². The normalized spacial score (nSPS) is 24.0. The number of benzene rings is 1. The van der Waals surface area contributed by atoms with Gasteiger partial charge in [-0.25, -0.2) is 4.39 Å². The summed E-state index contributed by atoms with van der Waals surface area (Å²) in [6, 6.07) is 10.2. The van der Waals surface area contributed by atoms with Gasteiger partial charge in [0, 0.05) is 29.6 Å². The van der Waals surface area contributed by atoms with Crippen molar-refractivity contribution < 1.29 is 19.1 Å². The highest BCUT2D eigenvalue weighted by Gasteiger charge is 2.48. The Morgan fingerprint density at radius 2 is 1.77 bits per heavy atom. The van der Waals surface area contributed by atoms with Crippen molar-refractivity contribution in [2.24, 2.45) is 23.2 Å². The maximum absolute atomic E-state index is 13.9. The number of pyridine rings is 2. The van der Waals surface area contributed by atoms with E-state index in [1.165, 1.54) is 11.6 Å². The molecule has 6 heteroatoms. The predicted molar refractivity (Wildman–Crippen MR) is 132 cm³/mol. The lowest BCUT2D eigenvalue weighted by molar-refractivity contribution is -0.129. The summed E-state index contributed by atoms with van der Waals surface area (Å²) in [5.74, 6) is 1.44. The number of Topliss-reactive ketones (excluding diaryl/α,β-unsaturated/α-hetero) is 2. The van der Waals surface area contributed by atoms with Crippen LogP contribution in [0.1, 0.15) is 67.1 Å². The first-order valence-electron chi connectivity index (χ1n) is 12.4. The minimum Gasteiger partial charge on any atom is -0.388 e. The minimum absolute atomic E-state index is 0.192. The summed E-state index contributed by atoms with van der Waals surface area (Å²) in [7, 11) is 0. The first-order chi connectivity index (χ1) is 16.8. The molecule has 3 aromatic rings. The fraction of sp³-hybridized carbons (Fsp3) is 0.448. The van der Waals surface area contributed by atoms with Gasteiger partial charge in [0.15, 0.2) is 0 Å². The number of fused-ring (bicyclic) bond motifs is 2. The number of aliphatic hydroxyl groups is 1. The fourth-order valence-electron chi connectivity index (χ4n) is 6.37. The summed E-state index contributed by atoms with van der Waals surface area (Å²) in [5, 5.41) is 9.90. The van der Waals surface area contributed by atoms with Gasteiger partial charge < -0.3 is 5.11 Å². The van der Waals surface area contributed by atoms with Gasteiger partial charge in [-0.1, -0.05) is 19.9 Å². The molecule has 2 aliphatic rings. The first kappa shape index (κ1) is 23.7. The average molecular weight is 475 g/mol. The quantitative estimate of drug-likeness (QED) is 0.470. The SMILES string of the molecule is CC(C)(C(=O)Cc1ccc(C(=O)CO)nc1)C1C[C@H]2CC(c3ccnc4ccc(F)cc34)C[C@H]2C1. The van der Waals surface area contributed by atoms with Crippen molar-refractivity contribution in [3.63, 3.8) is 0 Å². The zero-order chi connectivity index (χ0) is 24.7. The van der Waals surface area contributed by atoms with Gasteiger partial charge in [-0.2, -0.15) is 0 Å². The van der Waals surface area contributed by atoms with E-state index in [0.717, 1.165) is 42.1 Å². The number of halogens is 1. The Morgan fingerprint density at radius 3 is 2.43 bits per heavy atom. The molecule has 2 saturated carbocycles. The summed E-state index contributed by atoms with van der Waals surface area (Å²) in [4.78, 5) is 33.4. The van der Waals surface area contributed by atoms with Gasteiger partial charge in [-0.05, 0) is 90.8 Å². The zero-order valence-corrected chi connectivity index (χ0v) is 20.2. The van der Waals surface area contributed by atoms with Crippen LogP contribution in [0.2, 0.25) is 0 Å². The molecule has 0 spiro atoms.